The van der Waals surface area contributed by atoms with Gasteiger partial charge in [0.1, 0.15) is 5.82 Å². The van der Waals surface area contributed by atoms with E-state index in [1.165, 1.54) is 7.05 Å². The SMILES string of the molecule is CCNS(=O)(=O)CCNc1cc(C(F)(F)F)nc(NC)n1. The van der Waals surface area contributed by atoms with E-state index in [0.717, 1.165) is 6.07 Å². The van der Waals surface area contributed by atoms with Gasteiger partial charge in [0.05, 0.1) is 5.75 Å². The quantitative estimate of drug-likeness (QED) is 0.688. The molecule has 1 aromatic rings. The number of sulfonamides is 1. The molecule has 0 radical (unpaired) electrons. The Bertz CT molecular complexity index is 577. The summed E-state index contributed by atoms with van der Waals surface area (Å²) in [4.78, 5) is 7.07. The Balaban J connectivity index is 2.80. The average molecular weight is 327 g/mol. The number of anilines is 2. The minimum absolute atomic E-state index is 0.0766. The van der Waals surface area contributed by atoms with Crippen LogP contribution >= 0.6 is 0 Å². The lowest BCUT2D eigenvalue weighted by Gasteiger charge is -2.11. The van der Waals surface area contributed by atoms with Gasteiger partial charge < -0.3 is 10.6 Å². The van der Waals surface area contributed by atoms with Crippen LogP contribution in [0.4, 0.5) is 24.9 Å². The Kier molecular flexibility index (Phi) is 5.72. The van der Waals surface area contributed by atoms with E-state index in [1.807, 2.05) is 0 Å². The van der Waals surface area contributed by atoms with E-state index in [2.05, 4.69) is 25.3 Å². The molecule has 0 bridgehead atoms. The zero-order valence-electron chi connectivity index (χ0n) is 11.5. The summed E-state index contributed by atoms with van der Waals surface area (Å²) in [6.07, 6.45) is -4.61. The minimum Gasteiger partial charge on any atom is -0.369 e. The van der Waals surface area contributed by atoms with Crippen LogP contribution in [0.2, 0.25) is 0 Å². The fourth-order valence-corrected chi connectivity index (χ4v) is 2.36. The smallest absolute Gasteiger partial charge is 0.369 e. The molecule has 21 heavy (non-hydrogen) atoms. The van der Waals surface area contributed by atoms with Gasteiger partial charge >= 0.3 is 6.18 Å². The first-order chi connectivity index (χ1) is 9.68. The van der Waals surface area contributed by atoms with Gasteiger partial charge in [0, 0.05) is 26.2 Å². The highest BCUT2D eigenvalue weighted by molar-refractivity contribution is 7.89. The summed E-state index contributed by atoms with van der Waals surface area (Å²) >= 11 is 0. The maximum Gasteiger partial charge on any atom is 0.433 e. The van der Waals surface area contributed by atoms with E-state index < -0.39 is 21.9 Å². The van der Waals surface area contributed by atoms with Crippen LogP contribution in [0.15, 0.2) is 6.07 Å². The van der Waals surface area contributed by atoms with Gasteiger partial charge in [0.25, 0.3) is 0 Å². The van der Waals surface area contributed by atoms with Gasteiger partial charge in [-0.05, 0) is 0 Å². The first kappa shape index (κ1) is 17.4. The lowest BCUT2D eigenvalue weighted by molar-refractivity contribution is -0.141. The zero-order chi connectivity index (χ0) is 16.1. The van der Waals surface area contributed by atoms with Crippen LogP contribution < -0.4 is 15.4 Å². The highest BCUT2D eigenvalue weighted by atomic mass is 32.2. The second-order valence-electron chi connectivity index (χ2n) is 3.95. The largest absolute Gasteiger partial charge is 0.433 e. The molecule has 1 heterocycles. The van der Waals surface area contributed by atoms with E-state index in [9.17, 15) is 21.6 Å². The summed E-state index contributed by atoms with van der Waals surface area (Å²) in [6.45, 7) is 1.80. The van der Waals surface area contributed by atoms with Crippen molar-refractivity contribution >= 4 is 21.8 Å². The molecule has 0 aliphatic heterocycles. The second-order valence-corrected chi connectivity index (χ2v) is 5.88. The van der Waals surface area contributed by atoms with Crippen LogP contribution in [0.3, 0.4) is 0 Å². The molecule has 0 amide bonds. The topological polar surface area (TPSA) is 96.0 Å². The number of hydrogen-bond acceptors (Lipinski definition) is 6. The second kappa shape index (κ2) is 6.89. The van der Waals surface area contributed by atoms with E-state index in [4.69, 9.17) is 0 Å². The van der Waals surface area contributed by atoms with Crippen LogP contribution in [-0.2, 0) is 16.2 Å². The van der Waals surface area contributed by atoms with Crippen LogP contribution in [0.5, 0.6) is 0 Å². The summed E-state index contributed by atoms with van der Waals surface area (Å²) in [6, 6.07) is 0.723. The molecular formula is C10H16F3N5O2S. The first-order valence-corrected chi connectivity index (χ1v) is 7.68. The molecule has 1 rings (SSSR count). The first-order valence-electron chi connectivity index (χ1n) is 6.03. The monoisotopic (exact) mass is 327 g/mol. The van der Waals surface area contributed by atoms with Crippen molar-refractivity contribution in [3.8, 4) is 0 Å². The van der Waals surface area contributed by atoms with Gasteiger partial charge in [-0.15, -0.1) is 0 Å². The van der Waals surface area contributed by atoms with Gasteiger partial charge in [0.15, 0.2) is 5.69 Å². The normalized spacial score (nSPS) is 12.2. The Morgan fingerprint density at radius 2 is 1.95 bits per heavy atom. The molecule has 7 nitrogen and oxygen atoms in total. The van der Waals surface area contributed by atoms with Gasteiger partial charge in [0.2, 0.25) is 16.0 Å². The summed E-state index contributed by atoms with van der Waals surface area (Å²) in [5.41, 5.74) is -1.11. The van der Waals surface area contributed by atoms with Gasteiger partial charge in [-0.2, -0.15) is 18.2 Å². The van der Waals surface area contributed by atoms with Crippen LogP contribution in [-0.4, -0.2) is 44.3 Å². The molecule has 0 aliphatic rings. The van der Waals surface area contributed by atoms with E-state index in [-0.39, 0.29) is 30.6 Å². The predicted molar refractivity (Wildman–Crippen MR) is 72.5 cm³/mol. The fourth-order valence-electron chi connectivity index (χ4n) is 1.40. The van der Waals surface area contributed by atoms with Crippen molar-refractivity contribution in [2.45, 2.75) is 13.1 Å². The van der Waals surface area contributed by atoms with Crippen molar-refractivity contribution in [2.24, 2.45) is 0 Å². The number of nitrogens with zero attached hydrogens (tertiary/aromatic N) is 2. The number of halogens is 3. The maximum absolute atomic E-state index is 12.6. The summed E-state index contributed by atoms with van der Waals surface area (Å²) in [5.74, 6) is -0.587. The van der Waals surface area contributed by atoms with E-state index in [1.54, 1.807) is 6.92 Å². The molecule has 120 valence electrons. The standard InChI is InChI=1S/C10H16F3N5O2S/c1-3-16-21(19,20)5-4-15-8-6-7(10(11,12)13)17-9(14-2)18-8/h6,16H,3-5H2,1-2H3,(H2,14,15,17,18). The van der Waals surface area contributed by atoms with Crippen molar-refractivity contribution < 1.29 is 21.6 Å². The molecule has 0 saturated carbocycles. The Morgan fingerprint density at radius 1 is 1.29 bits per heavy atom. The van der Waals surface area contributed by atoms with Crippen molar-refractivity contribution in [1.29, 1.82) is 0 Å². The third kappa shape index (κ3) is 5.71. The van der Waals surface area contributed by atoms with Crippen molar-refractivity contribution in [1.82, 2.24) is 14.7 Å². The lowest BCUT2D eigenvalue weighted by atomic mass is 10.4. The Hall–Kier alpha value is -1.62. The third-order valence-electron chi connectivity index (χ3n) is 2.28. The Labute approximate surface area is 120 Å². The molecule has 0 spiro atoms. The molecule has 0 aromatic carbocycles. The predicted octanol–water partition coefficient (Wildman–Crippen LogP) is 0.888. The summed E-state index contributed by atoms with van der Waals surface area (Å²) in [5, 5.41) is 4.95. The number of nitrogens with one attached hydrogen (secondary N) is 3. The summed E-state index contributed by atoms with van der Waals surface area (Å²) < 4.78 is 63.0. The van der Waals surface area contributed by atoms with Crippen molar-refractivity contribution in [2.75, 3.05) is 36.5 Å². The number of hydrogen-bond donors (Lipinski definition) is 3. The molecule has 11 heteroatoms. The van der Waals surface area contributed by atoms with E-state index >= 15 is 0 Å². The van der Waals surface area contributed by atoms with Gasteiger partial charge in [-0.1, -0.05) is 6.92 Å². The highest BCUT2D eigenvalue weighted by Crippen LogP contribution is 2.29. The van der Waals surface area contributed by atoms with Crippen LogP contribution in [0.1, 0.15) is 12.6 Å². The van der Waals surface area contributed by atoms with E-state index in [0.29, 0.717) is 0 Å². The third-order valence-corrected chi connectivity index (χ3v) is 3.75. The maximum atomic E-state index is 12.6. The van der Waals surface area contributed by atoms with Crippen LogP contribution in [0.25, 0.3) is 0 Å². The number of alkyl halides is 3. The zero-order valence-corrected chi connectivity index (χ0v) is 12.3. The fraction of sp³-hybridized carbons (Fsp3) is 0.600. The molecule has 0 fully saturated rings. The number of rotatable bonds is 7. The molecule has 3 N–H and O–H groups in total. The number of aromatic nitrogens is 2. The molecule has 0 saturated heterocycles. The van der Waals surface area contributed by atoms with Crippen LogP contribution in [0, 0.1) is 0 Å². The minimum atomic E-state index is -4.61. The van der Waals surface area contributed by atoms with Crippen molar-refractivity contribution in [3.63, 3.8) is 0 Å². The van der Waals surface area contributed by atoms with Crippen molar-refractivity contribution in [3.05, 3.63) is 11.8 Å². The molecular weight excluding hydrogens is 311 g/mol. The molecule has 1 aromatic heterocycles. The highest BCUT2D eigenvalue weighted by Gasteiger charge is 2.33. The average Bonchev–Trinajstić information content (AvgIpc) is 2.37. The summed E-state index contributed by atoms with van der Waals surface area (Å²) in [7, 11) is -2.07. The molecule has 0 aliphatic carbocycles. The van der Waals surface area contributed by atoms with Gasteiger partial charge in [-0.25, -0.2) is 18.1 Å². The van der Waals surface area contributed by atoms with Gasteiger partial charge in [-0.3, -0.25) is 0 Å². The molecule has 0 atom stereocenters. The molecule has 0 unspecified atom stereocenters. The Morgan fingerprint density at radius 3 is 2.48 bits per heavy atom. The lowest BCUT2D eigenvalue weighted by Crippen LogP contribution is -2.29.